The number of carbonyl (C=O) groups is 2. The monoisotopic (exact) mass is 281 g/mol. The van der Waals surface area contributed by atoms with E-state index in [1.54, 1.807) is 19.9 Å². The van der Waals surface area contributed by atoms with Crippen molar-refractivity contribution in [1.29, 1.82) is 5.26 Å². The van der Waals surface area contributed by atoms with E-state index in [4.69, 9.17) is 15.1 Å². The minimum Gasteiger partial charge on any atom is -0.480 e. The third-order valence-electron chi connectivity index (χ3n) is 2.94. The highest BCUT2D eigenvalue weighted by Gasteiger charge is 2.25. The maximum Gasteiger partial charge on any atom is 0.326 e. The van der Waals surface area contributed by atoms with Gasteiger partial charge in [0.2, 0.25) is 0 Å². The highest BCUT2D eigenvalue weighted by Crippen LogP contribution is 2.06. The number of hydrogen-bond donors (Lipinski definition) is 2. The predicted octanol–water partition coefficient (Wildman–Crippen LogP) is -0.0485. The number of nitrogens with one attached hydrogen (secondary N) is 1. The Hall–Kier alpha value is -2.07. The molecule has 1 amide bonds. The topological polar surface area (TPSA) is 103 Å². The van der Waals surface area contributed by atoms with E-state index in [1.807, 2.05) is 4.90 Å². The molecule has 2 N–H and O–H groups in total. The number of hydrogen-bond acceptors (Lipinski definition) is 5. The van der Waals surface area contributed by atoms with Gasteiger partial charge in [-0.25, -0.2) is 4.79 Å². The van der Waals surface area contributed by atoms with Crippen LogP contribution in [0.25, 0.3) is 0 Å². The van der Waals surface area contributed by atoms with Crippen molar-refractivity contribution < 1.29 is 19.4 Å². The molecule has 1 heterocycles. The van der Waals surface area contributed by atoms with Gasteiger partial charge in [-0.15, -0.1) is 0 Å². The molecule has 0 spiro atoms. The van der Waals surface area contributed by atoms with Crippen LogP contribution in [0, 0.1) is 17.2 Å². The van der Waals surface area contributed by atoms with Gasteiger partial charge < -0.3 is 20.1 Å². The molecule has 1 aliphatic rings. The third-order valence-corrected chi connectivity index (χ3v) is 2.94. The Kier molecular flexibility index (Phi) is 6.00. The molecule has 0 aromatic carbocycles. The summed E-state index contributed by atoms with van der Waals surface area (Å²) in [4.78, 5) is 24.8. The van der Waals surface area contributed by atoms with Gasteiger partial charge in [0.15, 0.2) is 0 Å². The number of nitriles is 1. The molecule has 0 aromatic rings. The van der Waals surface area contributed by atoms with Crippen molar-refractivity contribution in [3.8, 4) is 6.07 Å². The maximum absolute atomic E-state index is 11.9. The van der Waals surface area contributed by atoms with Crippen LogP contribution in [0.5, 0.6) is 0 Å². The zero-order valence-electron chi connectivity index (χ0n) is 11.6. The summed E-state index contributed by atoms with van der Waals surface area (Å²) in [7, 11) is 0. The number of rotatable bonds is 5. The van der Waals surface area contributed by atoms with Crippen molar-refractivity contribution in [2.75, 3.05) is 26.3 Å². The lowest BCUT2D eigenvalue weighted by Gasteiger charge is -2.25. The van der Waals surface area contributed by atoms with Crippen LogP contribution in [0.2, 0.25) is 0 Å². The summed E-state index contributed by atoms with van der Waals surface area (Å²) in [5, 5.41) is 20.4. The van der Waals surface area contributed by atoms with Gasteiger partial charge in [0.1, 0.15) is 17.7 Å². The molecule has 0 bridgehead atoms. The van der Waals surface area contributed by atoms with Crippen molar-refractivity contribution in [3.63, 3.8) is 0 Å². The summed E-state index contributed by atoms with van der Waals surface area (Å²) in [6.07, 6.45) is 1.46. The van der Waals surface area contributed by atoms with E-state index < -0.39 is 17.9 Å². The van der Waals surface area contributed by atoms with Gasteiger partial charge in [-0.05, 0) is 5.92 Å². The van der Waals surface area contributed by atoms with E-state index in [2.05, 4.69) is 5.32 Å². The van der Waals surface area contributed by atoms with Crippen LogP contribution < -0.4 is 5.32 Å². The summed E-state index contributed by atoms with van der Waals surface area (Å²) >= 11 is 0. The Morgan fingerprint density at radius 3 is 2.45 bits per heavy atom. The molecule has 110 valence electrons. The predicted molar refractivity (Wildman–Crippen MR) is 70.5 cm³/mol. The number of aliphatic carboxylic acids is 1. The van der Waals surface area contributed by atoms with Crippen LogP contribution >= 0.6 is 0 Å². The second-order valence-electron chi connectivity index (χ2n) is 4.84. The molecular weight excluding hydrogens is 262 g/mol. The van der Waals surface area contributed by atoms with Gasteiger partial charge in [0.25, 0.3) is 5.91 Å². The quantitative estimate of drug-likeness (QED) is 0.541. The molecule has 1 fully saturated rings. The minimum absolute atomic E-state index is 0.0983. The van der Waals surface area contributed by atoms with Crippen LogP contribution in [-0.4, -0.2) is 54.2 Å². The largest absolute Gasteiger partial charge is 0.480 e. The van der Waals surface area contributed by atoms with Crippen molar-refractivity contribution in [2.45, 2.75) is 19.9 Å². The molecule has 1 atom stereocenters. The molecule has 1 unspecified atom stereocenters. The fourth-order valence-electron chi connectivity index (χ4n) is 1.76. The summed E-state index contributed by atoms with van der Waals surface area (Å²) in [5.41, 5.74) is -0.0983. The standard InChI is InChI=1S/C13H19N3O4/c1-9(2)11(13(18)19)15-12(17)10(7-14)8-16-3-5-20-6-4-16/h8-9,11H,3-6H2,1-2H3,(H,15,17)(H,18,19)/b10-8-. The second kappa shape index (κ2) is 7.50. The van der Waals surface area contributed by atoms with Crippen molar-refractivity contribution in [2.24, 2.45) is 5.92 Å². The van der Waals surface area contributed by atoms with Gasteiger partial charge in [0, 0.05) is 19.3 Å². The van der Waals surface area contributed by atoms with E-state index in [-0.39, 0.29) is 11.5 Å². The number of morpholine rings is 1. The first-order chi connectivity index (χ1) is 9.45. The molecule has 0 saturated carbocycles. The summed E-state index contributed by atoms with van der Waals surface area (Å²) in [5.74, 6) is -2.04. The first-order valence-corrected chi connectivity index (χ1v) is 6.43. The normalized spacial score (nSPS) is 17.5. The van der Waals surface area contributed by atoms with Crippen molar-refractivity contribution >= 4 is 11.9 Å². The number of carboxylic acids is 1. The molecule has 0 radical (unpaired) electrons. The Labute approximate surface area is 117 Å². The van der Waals surface area contributed by atoms with Crippen molar-refractivity contribution in [1.82, 2.24) is 10.2 Å². The fraction of sp³-hybridized carbons (Fsp3) is 0.615. The summed E-state index contributed by atoms with van der Waals surface area (Å²) in [6.45, 7) is 5.67. The van der Waals surface area contributed by atoms with E-state index in [9.17, 15) is 9.59 Å². The maximum atomic E-state index is 11.9. The number of ether oxygens (including phenoxy) is 1. The lowest BCUT2D eigenvalue weighted by Crippen LogP contribution is -2.45. The summed E-state index contributed by atoms with van der Waals surface area (Å²) in [6, 6.07) is 0.796. The lowest BCUT2D eigenvalue weighted by molar-refractivity contribution is -0.142. The zero-order chi connectivity index (χ0) is 15.1. The van der Waals surface area contributed by atoms with Crippen LogP contribution in [-0.2, 0) is 14.3 Å². The SMILES string of the molecule is CC(C)C(NC(=O)/C(C#N)=C\N1CCOCC1)C(=O)O. The Balaban J connectivity index is 2.73. The third kappa shape index (κ3) is 4.55. The highest BCUT2D eigenvalue weighted by molar-refractivity contribution is 5.99. The molecule has 0 aromatic heterocycles. The Bertz CT molecular complexity index is 433. The van der Waals surface area contributed by atoms with E-state index in [0.29, 0.717) is 26.3 Å². The number of carboxylic acid groups (broad SMARTS) is 1. The number of carbonyl (C=O) groups excluding carboxylic acids is 1. The van der Waals surface area contributed by atoms with Gasteiger partial charge in [-0.3, -0.25) is 4.79 Å². The van der Waals surface area contributed by atoms with Crippen LogP contribution in [0.1, 0.15) is 13.8 Å². The molecule has 1 aliphatic heterocycles. The molecule has 1 rings (SSSR count). The molecule has 7 heteroatoms. The lowest BCUT2D eigenvalue weighted by atomic mass is 10.0. The summed E-state index contributed by atoms with van der Waals surface area (Å²) < 4.78 is 5.17. The first kappa shape index (κ1) is 16.0. The number of nitrogens with zero attached hydrogens (tertiary/aromatic N) is 2. The van der Waals surface area contributed by atoms with Crippen molar-refractivity contribution in [3.05, 3.63) is 11.8 Å². The van der Waals surface area contributed by atoms with Gasteiger partial charge in [0.05, 0.1) is 13.2 Å². The van der Waals surface area contributed by atoms with Gasteiger partial charge in [-0.2, -0.15) is 5.26 Å². The minimum atomic E-state index is -1.11. The smallest absolute Gasteiger partial charge is 0.326 e. The molecule has 20 heavy (non-hydrogen) atoms. The van der Waals surface area contributed by atoms with Crippen LogP contribution in [0.4, 0.5) is 0 Å². The van der Waals surface area contributed by atoms with E-state index in [1.165, 1.54) is 6.20 Å². The molecule has 7 nitrogen and oxygen atoms in total. The van der Waals surface area contributed by atoms with Gasteiger partial charge in [-0.1, -0.05) is 13.8 Å². The first-order valence-electron chi connectivity index (χ1n) is 6.43. The Morgan fingerprint density at radius 2 is 2.00 bits per heavy atom. The highest BCUT2D eigenvalue weighted by atomic mass is 16.5. The molecular formula is C13H19N3O4. The Morgan fingerprint density at radius 1 is 1.40 bits per heavy atom. The van der Waals surface area contributed by atoms with Crippen LogP contribution in [0.3, 0.4) is 0 Å². The molecule has 0 aliphatic carbocycles. The van der Waals surface area contributed by atoms with E-state index >= 15 is 0 Å². The number of amides is 1. The second-order valence-corrected chi connectivity index (χ2v) is 4.84. The average molecular weight is 281 g/mol. The molecule has 1 saturated heterocycles. The average Bonchev–Trinajstić information content (AvgIpc) is 2.42. The van der Waals surface area contributed by atoms with Crippen LogP contribution in [0.15, 0.2) is 11.8 Å². The van der Waals surface area contributed by atoms with Gasteiger partial charge >= 0.3 is 5.97 Å². The zero-order valence-corrected chi connectivity index (χ0v) is 11.6. The van der Waals surface area contributed by atoms with E-state index in [0.717, 1.165) is 0 Å². The fourth-order valence-corrected chi connectivity index (χ4v) is 1.76.